The zero-order valence-corrected chi connectivity index (χ0v) is 7.21. The van der Waals surface area contributed by atoms with Gasteiger partial charge in [-0.15, -0.1) is 0 Å². The fraction of sp³-hybridized carbons (Fsp3) is 1.00. The first-order valence-corrected chi connectivity index (χ1v) is 4.64. The highest BCUT2D eigenvalue weighted by Crippen LogP contribution is 2.07. The summed E-state index contributed by atoms with van der Waals surface area (Å²) in [5, 5.41) is 5.26. The van der Waals surface area contributed by atoms with Crippen LogP contribution < -0.4 is 5.14 Å². The lowest BCUT2D eigenvalue weighted by Crippen LogP contribution is -1.89. The van der Waals surface area contributed by atoms with Gasteiger partial charge in [0.25, 0.3) is 0 Å². The molecule has 0 radical (unpaired) electrons. The summed E-state index contributed by atoms with van der Waals surface area (Å²) in [4.78, 5) is 0. The molecule has 0 bridgehead atoms. The van der Waals surface area contributed by atoms with Gasteiger partial charge in [0.15, 0.2) is 0 Å². The molecule has 0 aromatic rings. The fourth-order valence-electron chi connectivity index (χ4n) is 0.738. The molecule has 2 heteroatoms. The number of unbranched alkanes of at least 4 members (excludes halogenated alkanes) is 1. The predicted octanol–water partition coefficient (Wildman–Crippen LogP) is 2.42. The predicted molar refractivity (Wildman–Crippen MR) is 45.3 cm³/mol. The average molecular weight is 147 g/mol. The molecule has 0 aromatic heterocycles. The Bertz CT molecular complexity index is 54.9. The maximum atomic E-state index is 5.26. The Balaban J connectivity index is 2.75. The second-order valence-electron chi connectivity index (χ2n) is 2.76. The van der Waals surface area contributed by atoms with Crippen LogP contribution in [0.1, 0.15) is 33.1 Å². The van der Waals surface area contributed by atoms with Crippen LogP contribution in [0.2, 0.25) is 0 Å². The zero-order valence-electron chi connectivity index (χ0n) is 6.39. The minimum absolute atomic E-state index is 0.854. The minimum atomic E-state index is 0.854. The Morgan fingerprint density at radius 3 is 2.44 bits per heavy atom. The Morgan fingerprint density at radius 2 is 2.00 bits per heavy atom. The summed E-state index contributed by atoms with van der Waals surface area (Å²) < 4.78 is 0. The largest absolute Gasteiger partial charge is 0.278 e. The van der Waals surface area contributed by atoms with Gasteiger partial charge in [-0.25, -0.2) is 0 Å². The molecule has 2 N–H and O–H groups in total. The van der Waals surface area contributed by atoms with Crippen molar-refractivity contribution in [3.05, 3.63) is 0 Å². The van der Waals surface area contributed by atoms with E-state index in [1.54, 1.807) is 0 Å². The van der Waals surface area contributed by atoms with E-state index < -0.39 is 0 Å². The molecule has 0 rings (SSSR count). The van der Waals surface area contributed by atoms with Crippen molar-refractivity contribution in [2.75, 3.05) is 5.75 Å². The molecule has 0 fully saturated rings. The van der Waals surface area contributed by atoms with Crippen LogP contribution in [0.25, 0.3) is 0 Å². The van der Waals surface area contributed by atoms with Crippen LogP contribution in [0.15, 0.2) is 0 Å². The van der Waals surface area contributed by atoms with Crippen LogP contribution in [0.3, 0.4) is 0 Å². The van der Waals surface area contributed by atoms with E-state index in [0.29, 0.717) is 0 Å². The van der Waals surface area contributed by atoms with Gasteiger partial charge in [0.05, 0.1) is 0 Å². The first-order chi connectivity index (χ1) is 4.27. The third-order valence-electron chi connectivity index (χ3n) is 1.29. The highest BCUT2D eigenvalue weighted by molar-refractivity contribution is 7.97. The molecule has 0 saturated heterocycles. The van der Waals surface area contributed by atoms with Gasteiger partial charge in [-0.1, -0.05) is 38.6 Å². The van der Waals surface area contributed by atoms with E-state index in [-0.39, 0.29) is 0 Å². The highest BCUT2D eigenvalue weighted by atomic mass is 32.2. The normalized spacial score (nSPS) is 10.7. The van der Waals surface area contributed by atoms with E-state index in [9.17, 15) is 0 Å². The Hall–Kier alpha value is 0.310. The van der Waals surface area contributed by atoms with E-state index in [4.69, 9.17) is 5.14 Å². The van der Waals surface area contributed by atoms with Crippen LogP contribution >= 0.6 is 11.9 Å². The van der Waals surface area contributed by atoms with Crippen molar-refractivity contribution < 1.29 is 0 Å². The van der Waals surface area contributed by atoms with Gasteiger partial charge in [0.1, 0.15) is 0 Å². The molecule has 0 atom stereocenters. The molecule has 0 saturated carbocycles. The molecule has 0 aliphatic carbocycles. The van der Waals surface area contributed by atoms with Crippen molar-refractivity contribution in [1.82, 2.24) is 0 Å². The van der Waals surface area contributed by atoms with Crippen LogP contribution in [0, 0.1) is 5.92 Å². The number of nitrogens with two attached hydrogens (primary N) is 1. The van der Waals surface area contributed by atoms with Gasteiger partial charge < -0.3 is 0 Å². The fourth-order valence-corrected chi connectivity index (χ4v) is 1.11. The summed E-state index contributed by atoms with van der Waals surface area (Å²) in [6.45, 7) is 4.52. The lowest BCUT2D eigenvalue weighted by atomic mass is 10.1. The third kappa shape index (κ3) is 8.31. The lowest BCUT2D eigenvalue weighted by Gasteiger charge is -2.01. The van der Waals surface area contributed by atoms with E-state index >= 15 is 0 Å². The number of rotatable bonds is 5. The van der Waals surface area contributed by atoms with Gasteiger partial charge >= 0.3 is 0 Å². The van der Waals surface area contributed by atoms with Gasteiger partial charge in [-0.05, 0) is 12.3 Å². The summed E-state index contributed by atoms with van der Waals surface area (Å²) in [6.07, 6.45) is 3.96. The molecule has 1 nitrogen and oxygen atoms in total. The van der Waals surface area contributed by atoms with E-state index in [1.807, 2.05) is 0 Å². The molecular weight excluding hydrogens is 130 g/mol. The summed E-state index contributed by atoms with van der Waals surface area (Å²) in [7, 11) is 0. The van der Waals surface area contributed by atoms with Crippen LogP contribution in [0.5, 0.6) is 0 Å². The Kier molecular flexibility index (Phi) is 6.65. The van der Waals surface area contributed by atoms with Crippen LogP contribution in [0.4, 0.5) is 0 Å². The standard InChI is InChI=1S/C7H17NS/c1-7(2)5-3-4-6-9-8/h7H,3-6,8H2,1-2H3. The molecule has 0 amide bonds. The monoisotopic (exact) mass is 147 g/mol. The molecule has 0 heterocycles. The van der Waals surface area contributed by atoms with Crippen molar-refractivity contribution >= 4 is 11.9 Å². The summed E-state index contributed by atoms with van der Waals surface area (Å²) in [6, 6.07) is 0. The summed E-state index contributed by atoms with van der Waals surface area (Å²) >= 11 is 1.45. The molecule has 56 valence electrons. The van der Waals surface area contributed by atoms with Crippen molar-refractivity contribution in [1.29, 1.82) is 0 Å². The van der Waals surface area contributed by atoms with Gasteiger partial charge in [0, 0.05) is 5.75 Å². The molecule has 0 spiro atoms. The molecule has 0 unspecified atom stereocenters. The van der Waals surface area contributed by atoms with Gasteiger partial charge in [0.2, 0.25) is 0 Å². The lowest BCUT2D eigenvalue weighted by molar-refractivity contribution is 0.551. The van der Waals surface area contributed by atoms with E-state index in [2.05, 4.69) is 13.8 Å². The van der Waals surface area contributed by atoms with Crippen molar-refractivity contribution in [2.24, 2.45) is 11.1 Å². The average Bonchev–Trinajstić information content (AvgIpc) is 1.80. The first-order valence-electron chi connectivity index (χ1n) is 3.59. The maximum absolute atomic E-state index is 5.26. The molecule has 0 aliphatic heterocycles. The zero-order chi connectivity index (χ0) is 7.11. The maximum Gasteiger partial charge on any atom is 0.00764 e. The summed E-state index contributed by atoms with van der Waals surface area (Å²) in [5.74, 6) is 1.97. The summed E-state index contributed by atoms with van der Waals surface area (Å²) in [5.41, 5.74) is 0. The molecule has 0 aliphatic rings. The smallest absolute Gasteiger partial charge is 0.00764 e. The van der Waals surface area contributed by atoms with E-state index in [0.717, 1.165) is 11.7 Å². The van der Waals surface area contributed by atoms with Gasteiger partial charge in [-0.3, -0.25) is 5.14 Å². The Labute approximate surface area is 62.5 Å². The second kappa shape index (κ2) is 6.43. The third-order valence-corrected chi connectivity index (χ3v) is 1.82. The van der Waals surface area contributed by atoms with Gasteiger partial charge in [-0.2, -0.15) is 0 Å². The SMILES string of the molecule is CC(C)CCCCSN. The number of hydrogen-bond acceptors (Lipinski definition) is 2. The Morgan fingerprint density at radius 1 is 1.33 bits per heavy atom. The number of hydrogen-bond donors (Lipinski definition) is 1. The molecular formula is C7H17NS. The van der Waals surface area contributed by atoms with Crippen molar-refractivity contribution in [3.8, 4) is 0 Å². The highest BCUT2D eigenvalue weighted by Gasteiger charge is 1.92. The quantitative estimate of drug-likeness (QED) is 0.477. The minimum Gasteiger partial charge on any atom is -0.278 e. The molecule has 0 aromatic carbocycles. The topological polar surface area (TPSA) is 26.0 Å². The molecule has 9 heavy (non-hydrogen) atoms. The first kappa shape index (κ1) is 9.31. The van der Waals surface area contributed by atoms with E-state index in [1.165, 1.54) is 31.2 Å². The van der Waals surface area contributed by atoms with Crippen molar-refractivity contribution in [3.63, 3.8) is 0 Å². The second-order valence-corrected chi connectivity index (χ2v) is 3.50. The van der Waals surface area contributed by atoms with Crippen LogP contribution in [-0.4, -0.2) is 5.75 Å². The van der Waals surface area contributed by atoms with Crippen molar-refractivity contribution in [2.45, 2.75) is 33.1 Å². The van der Waals surface area contributed by atoms with Crippen LogP contribution in [-0.2, 0) is 0 Å².